The van der Waals surface area contributed by atoms with Crippen LogP contribution in [0.1, 0.15) is 13.3 Å². The first kappa shape index (κ1) is 12.3. The molecule has 0 saturated heterocycles. The molecule has 0 aliphatic carbocycles. The molecule has 0 fully saturated rings. The normalized spacial score (nSPS) is 12.8. The monoisotopic (exact) mass is 248 g/mol. The lowest BCUT2D eigenvalue weighted by molar-refractivity contribution is 0.192. The summed E-state index contributed by atoms with van der Waals surface area (Å²) in [5.41, 5.74) is 0. The van der Waals surface area contributed by atoms with Crippen LogP contribution in [0.25, 0.3) is 10.8 Å². The van der Waals surface area contributed by atoms with Gasteiger partial charge in [0.2, 0.25) is 0 Å². The maximum Gasteiger partial charge on any atom is 0.123 e. The van der Waals surface area contributed by atoms with Gasteiger partial charge in [0.05, 0.1) is 6.10 Å². The molecule has 2 aromatic rings. The summed E-state index contributed by atoms with van der Waals surface area (Å²) in [6.07, 6.45) is 0.519. The molecule has 1 unspecified atom stereocenters. The molecule has 0 spiro atoms. The summed E-state index contributed by atoms with van der Waals surface area (Å²) in [6, 6.07) is 11.5. The van der Waals surface area contributed by atoms with Crippen LogP contribution in [-0.4, -0.2) is 22.1 Å². The Balaban J connectivity index is 2.26. The molecule has 90 valence electrons. The number of rotatable bonds is 4. The number of phenols is 1. The fourth-order valence-electron chi connectivity index (χ4n) is 1.72. The van der Waals surface area contributed by atoms with Crippen molar-refractivity contribution in [2.45, 2.75) is 24.3 Å². The van der Waals surface area contributed by atoms with Gasteiger partial charge >= 0.3 is 0 Å². The van der Waals surface area contributed by atoms with Gasteiger partial charge in [-0.1, -0.05) is 24.3 Å². The van der Waals surface area contributed by atoms with Crippen LogP contribution in [0.15, 0.2) is 41.3 Å². The zero-order valence-corrected chi connectivity index (χ0v) is 10.6. The van der Waals surface area contributed by atoms with Crippen molar-refractivity contribution >= 4 is 22.5 Å². The van der Waals surface area contributed by atoms with Gasteiger partial charge in [0.15, 0.2) is 0 Å². The Bertz CT molecular complexity index is 509. The van der Waals surface area contributed by atoms with Gasteiger partial charge in [-0.05, 0) is 30.9 Å². The van der Waals surface area contributed by atoms with E-state index >= 15 is 0 Å². The SMILES string of the molecule is CC(O)CCSc1ccc(O)c2ccccc12. The minimum absolute atomic E-state index is 0.258. The number of benzene rings is 2. The van der Waals surface area contributed by atoms with Crippen molar-refractivity contribution in [3.05, 3.63) is 36.4 Å². The van der Waals surface area contributed by atoms with E-state index in [2.05, 4.69) is 0 Å². The second kappa shape index (κ2) is 5.43. The third-order valence-electron chi connectivity index (χ3n) is 2.65. The summed E-state index contributed by atoms with van der Waals surface area (Å²) in [6.45, 7) is 1.80. The molecular weight excluding hydrogens is 232 g/mol. The van der Waals surface area contributed by atoms with E-state index < -0.39 is 0 Å². The van der Waals surface area contributed by atoms with Crippen molar-refractivity contribution in [3.63, 3.8) is 0 Å². The van der Waals surface area contributed by atoms with Crippen LogP contribution < -0.4 is 0 Å². The Morgan fingerprint density at radius 1 is 1.12 bits per heavy atom. The van der Waals surface area contributed by atoms with E-state index in [9.17, 15) is 10.2 Å². The van der Waals surface area contributed by atoms with Gasteiger partial charge in [-0.15, -0.1) is 11.8 Å². The molecule has 2 rings (SSSR count). The Labute approximate surface area is 105 Å². The third-order valence-corrected chi connectivity index (χ3v) is 3.76. The van der Waals surface area contributed by atoms with Gasteiger partial charge in [0.25, 0.3) is 0 Å². The molecule has 0 aliphatic heterocycles. The molecule has 0 aliphatic rings. The Morgan fingerprint density at radius 3 is 2.53 bits per heavy atom. The lowest BCUT2D eigenvalue weighted by atomic mass is 10.1. The second-order valence-corrected chi connectivity index (χ2v) is 5.25. The smallest absolute Gasteiger partial charge is 0.123 e. The van der Waals surface area contributed by atoms with Crippen LogP contribution in [0.5, 0.6) is 5.75 Å². The first-order valence-electron chi connectivity index (χ1n) is 5.70. The Morgan fingerprint density at radius 2 is 1.82 bits per heavy atom. The molecule has 2 N–H and O–H groups in total. The average Bonchev–Trinajstić information content (AvgIpc) is 2.32. The van der Waals surface area contributed by atoms with Crippen LogP contribution >= 0.6 is 11.8 Å². The van der Waals surface area contributed by atoms with E-state index in [1.165, 1.54) is 0 Å². The Kier molecular flexibility index (Phi) is 3.92. The highest BCUT2D eigenvalue weighted by molar-refractivity contribution is 7.99. The second-order valence-electron chi connectivity index (χ2n) is 4.11. The summed E-state index contributed by atoms with van der Waals surface area (Å²) in [5, 5.41) is 21.0. The number of aliphatic hydroxyl groups excluding tert-OH is 1. The van der Waals surface area contributed by atoms with Crippen LogP contribution in [0.3, 0.4) is 0 Å². The van der Waals surface area contributed by atoms with Crippen LogP contribution in [0.2, 0.25) is 0 Å². The lowest BCUT2D eigenvalue weighted by Gasteiger charge is -2.08. The van der Waals surface area contributed by atoms with E-state index in [0.717, 1.165) is 27.8 Å². The fourth-order valence-corrected chi connectivity index (χ4v) is 2.90. The number of aromatic hydroxyl groups is 1. The molecule has 0 heterocycles. The fraction of sp³-hybridized carbons (Fsp3) is 0.286. The molecule has 2 aromatic carbocycles. The first-order chi connectivity index (χ1) is 8.18. The highest BCUT2D eigenvalue weighted by Gasteiger charge is 2.05. The van der Waals surface area contributed by atoms with E-state index in [1.807, 2.05) is 30.3 Å². The molecule has 0 amide bonds. The predicted molar refractivity (Wildman–Crippen MR) is 72.6 cm³/mol. The minimum atomic E-state index is -0.258. The van der Waals surface area contributed by atoms with Gasteiger partial charge in [-0.2, -0.15) is 0 Å². The number of aliphatic hydroxyl groups is 1. The van der Waals surface area contributed by atoms with Gasteiger partial charge in [0.1, 0.15) is 5.75 Å². The molecule has 17 heavy (non-hydrogen) atoms. The van der Waals surface area contributed by atoms with Crippen LogP contribution in [0.4, 0.5) is 0 Å². The van der Waals surface area contributed by atoms with Gasteiger partial charge in [0, 0.05) is 16.0 Å². The van der Waals surface area contributed by atoms with E-state index in [4.69, 9.17) is 0 Å². The number of phenolic OH excluding ortho intramolecular Hbond substituents is 1. The van der Waals surface area contributed by atoms with Gasteiger partial charge in [-0.25, -0.2) is 0 Å². The van der Waals surface area contributed by atoms with E-state index in [1.54, 1.807) is 24.8 Å². The minimum Gasteiger partial charge on any atom is -0.507 e. The van der Waals surface area contributed by atoms with Crippen molar-refractivity contribution < 1.29 is 10.2 Å². The standard InChI is InChI=1S/C14H16O2S/c1-10(15)8-9-17-14-7-6-13(16)11-4-2-3-5-12(11)14/h2-7,10,15-16H,8-9H2,1H3. The molecule has 0 aromatic heterocycles. The van der Waals surface area contributed by atoms with Crippen molar-refractivity contribution in [1.82, 2.24) is 0 Å². The number of thioether (sulfide) groups is 1. The zero-order chi connectivity index (χ0) is 12.3. The number of hydrogen-bond acceptors (Lipinski definition) is 3. The molecular formula is C14H16O2S. The summed E-state index contributed by atoms with van der Waals surface area (Å²) < 4.78 is 0. The van der Waals surface area contributed by atoms with Crippen molar-refractivity contribution in [2.75, 3.05) is 5.75 Å². The van der Waals surface area contributed by atoms with E-state index in [-0.39, 0.29) is 6.10 Å². The summed E-state index contributed by atoms with van der Waals surface area (Å²) >= 11 is 1.72. The number of hydrogen-bond donors (Lipinski definition) is 2. The van der Waals surface area contributed by atoms with Crippen molar-refractivity contribution in [1.29, 1.82) is 0 Å². The average molecular weight is 248 g/mol. The molecule has 0 bridgehead atoms. The highest BCUT2D eigenvalue weighted by Crippen LogP contribution is 2.33. The maximum atomic E-state index is 9.76. The number of fused-ring (bicyclic) bond motifs is 1. The predicted octanol–water partition coefficient (Wildman–Crippen LogP) is 3.41. The molecule has 2 nitrogen and oxygen atoms in total. The summed E-state index contributed by atoms with van der Waals surface area (Å²) in [5.74, 6) is 1.20. The Hall–Kier alpha value is -1.19. The summed E-state index contributed by atoms with van der Waals surface area (Å²) in [4.78, 5) is 1.15. The molecule has 0 radical (unpaired) electrons. The quantitative estimate of drug-likeness (QED) is 0.815. The maximum absolute atomic E-state index is 9.76. The summed E-state index contributed by atoms with van der Waals surface area (Å²) in [7, 11) is 0. The third kappa shape index (κ3) is 2.93. The van der Waals surface area contributed by atoms with Gasteiger partial charge in [-0.3, -0.25) is 0 Å². The largest absolute Gasteiger partial charge is 0.507 e. The first-order valence-corrected chi connectivity index (χ1v) is 6.68. The topological polar surface area (TPSA) is 40.5 Å². The van der Waals surface area contributed by atoms with Gasteiger partial charge < -0.3 is 10.2 Å². The molecule has 0 saturated carbocycles. The highest BCUT2D eigenvalue weighted by atomic mass is 32.2. The van der Waals surface area contributed by atoms with Crippen molar-refractivity contribution in [3.8, 4) is 5.75 Å². The molecule has 3 heteroatoms. The van der Waals surface area contributed by atoms with Crippen LogP contribution in [0, 0.1) is 0 Å². The molecule has 1 atom stereocenters. The zero-order valence-electron chi connectivity index (χ0n) is 9.76. The lowest BCUT2D eigenvalue weighted by Crippen LogP contribution is -2.00. The van der Waals surface area contributed by atoms with Crippen LogP contribution in [-0.2, 0) is 0 Å². The van der Waals surface area contributed by atoms with E-state index in [0.29, 0.717) is 5.75 Å². The van der Waals surface area contributed by atoms with Crippen molar-refractivity contribution in [2.24, 2.45) is 0 Å².